The molecule has 1 aliphatic heterocycles. The van der Waals surface area contributed by atoms with Crippen molar-refractivity contribution in [3.05, 3.63) is 72.6 Å². The molecule has 1 N–H and O–H groups in total. The first kappa shape index (κ1) is 19.0. The minimum absolute atomic E-state index is 0.0505. The van der Waals surface area contributed by atoms with Gasteiger partial charge in [-0.15, -0.1) is 0 Å². The molecule has 1 aromatic heterocycles. The quantitative estimate of drug-likeness (QED) is 0.668. The number of nitrogens with zero attached hydrogens (tertiary/aromatic N) is 3. The van der Waals surface area contributed by atoms with Crippen LogP contribution in [-0.4, -0.2) is 53.4 Å². The topological polar surface area (TPSA) is 68.6 Å². The Morgan fingerprint density at radius 2 is 1.93 bits per heavy atom. The number of likely N-dealkylation sites (N-methyl/N-ethyl adjacent to an activating group) is 1. The molecule has 3 aromatic rings. The summed E-state index contributed by atoms with van der Waals surface area (Å²) in [5, 5.41) is 7.32. The lowest BCUT2D eigenvalue weighted by molar-refractivity contribution is -0.122. The lowest BCUT2D eigenvalue weighted by atomic mass is 10.2. The summed E-state index contributed by atoms with van der Waals surface area (Å²) >= 11 is 0. The molecule has 0 saturated carbocycles. The van der Waals surface area contributed by atoms with Crippen LogP contribution in [0.5, 0.6) is 11.5 Å². The molecule has 1 aliphatic rings. The summed E-state index contributed by atoms with van der Waals surface area (Å²) < 4.78 is 13.4. The molecule has 0 radical (unpaired) electrons. The number of hydrogen-bond acceptors (Lipinski definition) is 5. The maximum Gasteiger partial charge on any atom is 0.234 e. The summed E-state index contributed by atoms with van der Waals surface area (Å²) in [6.07, 6.45) is 3.61. The van der Waals surface area contributed by atoms with Gasteiger partial charge in [-0.25, -0.2) is 4.68 Å². The number of carbonyl (C=O) groups excluding carboxylic acids is 1. The van der Waals surface area contributed by atoms with Crippen LogP contribution in [0.25, 0.3) is 5.69 Å². The Bertz CT molecular complexity index is 957. The Morgan fingerprint density at radius 1 is 1.17 bits per heavy atom. The summed E-state index contributed by atoms with van der Waals surface area (Å²) in [6, 6.07) is 17.5. The molecule has 7 heteroatoms. The van der Waals surface area contributed by atoms with Crippen molar-refractivity contribution in [2.75, 3.05) is 26.7 Å². The molecule has 150 valence electrons. The van der Waals surface area contributed by atoms with Crippen LogP contribution >= 0.6 is 0 Å². The Labute approximate surface area is 169 Å². The monoisotopic (exact) mass is 392 g/mol. The fraction of sp³-hybridized carbons (Fsp3) is 0.273. The molecule has 0 aliphatic carbocycles. The van der Waals surface area contributed by atoms with Gasteiger partial charge in [0.25, 0.3) is 0 Å². The van der Waals surface area contributed by atoms with Gasteiger partial charge >= 0.3 is 0 Å². The van der Waals surface area contributed by atoms with Crippen LogP contribution < -0.4 is 14.8 Å². The summed E-state index contributed by atoms with van der Waals surface area (Å²) in [4.78, 5) is 14.2. The first-order valence-corrected chi connectivity index (χ1v) is 9.60. The number of ether oxygens (including phenoxy) is 2. The third-order valence-corrected chi connectivity index (χ3v) is 4.62. The van der Waals surface area contributed by atoms with Gasteiger partial charge in [-0.3, -0.25) is 9.69 Å². The highest BCUT2D eigenvalue weighted by molar-refractivity contribution is 5.78. The maximum absolute atomic E-state index is 12.3. The van der Waals surface area contributed by atoms with Crippen molar-refractivity contribution in [2.45, 2.75) is 12.6 Å². The number of para-hydroxylation sites is 3. The van der Waals surface area contributed by atoms with E-state index < -0.39 is 0 Å². The zero-order valence-corrected chi connectivity index (χ0v) is 16.3. The van der Waals surface area contributed by atoms with Crippen molar-refractivity contribution in [3.8, 4) is 17.2 Å². The highest BCUT2D eigenvalue weighted by Gasteiger charge is 2.21. The predicted octanol–water partition coefficient (Wildman–Crippen LogP) is 2.26. The number of fused-ring (bicyclic) bond motifs is 1. The average Bonchev–Trinajstić information content (AvgIpc) is 3.21. The minimum Gasteiger partial charge on any atom is -0.486 e. The number of hydrogen-bond donors (Lipinski definition) is 1. The summed E-state index contributed by atoms with van der Waals surface area (Å²) in [6.45, 7) is 1.76. The normalized spacial score (nSPS) is 15.3. The van der Waals surface area contributed by atoms with Gasteiger partial charge in [0.15, 0.2) is 11.5 Å². The highest BCUT2D eigenvalue weighted by atomic mass is 16.6. The van der Waals surface area contributed by atoms with Crippen LogP contribution in [0.3, 0.4) is 0 Å². The zero-order valence-electron chi connectivity index (χ0n) is 16.3. The smallest absolute Gasteiger partial charge is 0.234 e. The van der Waals surface area contributed by atoms with E-state index >= 15 is 0 Å². The van der Waals surface area contributed by atoms with Gasteiger partial charge < -0.3 is 14.8 Å². The van der Waals surface area contributed by atoms with Crippen LogP contribution in [0.2, 0.25) is 0 Å². The highest BCUT2D eigenvalue weighted by Crippen LogP contribution is 2.30. The van der Waals surface area contributed by atoms with Gasteiger partial charge in [0, 0.05) is 18.3 Å². The third kappa shape index (κ3) is 4.94. The SMILES string of the molecule is CN(CC(=O)NC[C@H]1COc2ccccc2O1)Cc1cnn(-c2ccccc2)c1. The molecule has 4 rings (SSSR count). The van der Waals surface area contributed by atoms with Gasteiger partial charge in [-0.1, -0.05) is 30.3 Å². The van der Waals surface area contributed by atoms with Crippen LogP contribution in [0.1, 0.15) is 5.56 Å². The molecule has 2 heterocycles. The number of aromatic nitrogens is 2. The minimum atomic E-state index is -0.191. The van der Waals surface area contributed by atoms with E-state index in [0.717, 1.165) is 17.0 Å². The molecule has 0 saturated heterocycles. The average molecular weight is 392 g/mol. The van der Waals surface area contributed by atoms with Gasteiger partial charge in [-0.2, -0.15) is 5.10 Å². The second-order valence-electron chi connectivity index (χ2n) is 7.10. The Morgan fingerprint density at radius 3 is 2.76 bits per heavy atom. The molecular formula is C22H24N4O3. The fourth-order valence-electron chi connectivity index (χ4n) is 3.22. The van der Waals surface area contributed by atoms with Crippen LogP contribution in [0.4, 0.5) is 0 Å². The van der Waals surface area contributed by atoms with Crippen LogP contribution in [0.15, 0.2) is 67.0 Å². The Kier molecular flexibility index (Phi) is 5.76. The van der Waals surface area contributed by atoms with Crippen molar-refractivity contribution >= 4 is 5.91 Å². The molecule has 1 atom stereocenters. The van der Waals surface area contributed by atoms with Crippen molar-refractivity contribution in [1.29, 1.82) is 0 Å². The van der Waals surface area contributed by atoms with Crippen LogP contribution in [0, 0.1) is 0 Å². The molecule has 0 unspecified atom stereocenters. The number of amides is 1. The molecule has 1 amide bonds. The van der Waals surface area contributed by atoms with Crippen molar-refractivity contribution in [2.24, 2.45) is 0 Å². The van der Waals surface area contributed by atoms with Crippen molar-refractivity contribution in [3.63, 3.8) is 0 Å². The summed E-state index contributed by atoms with van der Waals surface area (Å²) in [7, 11) is 1.91. The van der Waals surface area contributed by atoms with E-state index in [9.17, 15) is 4.79 Å². The fourth-order valence-corrected chi connectivity index (χ4v) is 3.22. The van der Waals surface area contributed by atoms with E-state index in [1.807, 2.05) is 83.6 Å². The molecular weight excluding hydrogens is 368 g/mol. The summed E-state index contributed by atoms with van der Waals surface area (Å²) in [5.41, 5.74) is 2.06. The van der Waals surface area contributed by atoms with Gasteiger partial charge in [0.05, 0.1) is 25.0 Å². The van der Waals surface area contributed by atoms with Crippen molar-refractivity contribution in [1.82, 2.24) is 20.0 Å². The standard InChI is InChI=1S/C22H24N4O3/c1-25(13-17-11-24-26(14-17)18-7-3-2-4-8-18)15-22(27)23-12-19-16-28-20-9-5-6-10-21(20)29-19/h2-11,14,19H,12-13,15-16H2,1H3,(H,23,27)/t19-/m0/s1. The molecule has 0 fully saturated rings. The van der Waals surface area contributed by atoms with Crippen LogP contribution in [-0.2, 0) is 11.3 Å². The van der Waals surface area contributed by atoms with Gasteiger partial charge in [0.2, 0.25) is 5.91 Å². The van der Waals surface area contributed by atoms with E-state index in [1.165, 1.54) is 0 Å². The lowest BCUT2D eigenvalue weighted by Gasteiger charge is -2.26. The van der Waals surface area contributed by atoms with Crippen molar-refractivity contribution < 1.29 is 14.3 Å². The zero-order chi connectivity index (χ0) is 20.1. The molecule has 0 spiro atoms. The predicted molar refractivity (Wildman–Crippen MR) is 109 cm³/mol. The summed E-state index contributed by atoms with van der Waals surface area (Å²) in [5.74, 6) is 1.40. The molecule has 0 bridgehead atoms. The van der Waals surface area contributed by atoms with E-state index in [4.69, 9.17) is 9.47 Å². The first-order chi connectivity index (χ1) is 14.2. The Hall–Kier alpha value is -3.32. The first-order valence-electron chi connectivity index (χ1n) is 9.60. The van der Waals surface area contributed by atoms with Gasteiger partial charge in [0.1, 0.15) is 12.7 Å². The molecule has 29 heavy (non-hydrogen) atoms. The van der Waals surface area contributed by atoms with E-state index in [0.29, 0.717) is 32.0 Å². The number of carbonyl (C=O) groups is 1. The number of benzene rings is 2. The number of rotatable bonds is 7. The maximum atomic E-state index is 12.3. The Balaban J connectivity index is 1.23. The number of nitrogens with one attached hydrogen (secondary N) is 1. The van der Waals surface area contributed by atoms with E-state index in [1.54, 1.807) is 0 Å². The molecule has 2 aromatic carbocycles. The van der Waals surface area contributed by atoms with E-state index in [-0.39, 0.29) is 12.0 Å². The second kappa shape index (κ2) is 8.79. The lowest BCUT2D eigenvalue weighted by Crippen LogP contribution is -2.43. The molecule has 7 nitrogen and oxygen atoms in total. The van der Waals surface area contributed by atoms with Gasteiger partial charge in [-0.05, 0) is 31.3 Å². The third-order valence-electron chi connectivity index (χ3n) is 4.62. The largest absolute Gasteiger partial charge is 0.486 e. The van der Waals surface area contributed by atoms with E-state index in [2.05, 4.69) is 10.4 Å². The second-order valence-corrected chi connectivity index (χ2v) is 7.10.